The summed E-state index contributed by atoms with van der Waals surface area (Å²) in [4.78, 5) is 11.2. The van der Waals surface area contributed by atoms with Gasteiger partial charge in [0.15, 0.2) is 0 Å². The number of benzene rings is 3. The van der Waals surface area contributed by atoms with Crippen LogP contribution in [0.5, 0.6) is 5.75 Å². The zero-order chi connectivity index (χ0) is 28.0. The SMILES string of the molecule is Cc1ccc(Cl)cc1-c1ccc2c(c1)N(S(=O)(=O)c1cccc(C(F)(F)F)c1)CC(CC(C)(C)C(=O)O)O2. The second-order valence-corrected chi connectivity index (χ2v) is 12.1. The topological polar surface area (TPSA) is 83.9 Å². The fourth-order valence-corrected chi connectivity index (χ4v) is 6.05. The molecule has 3 aromatic rings. The van der Waals surface area contributed by atoms with Crippen LogP contribution in [0.2, 0.25) is 5.02 Å². The molecule has 0 aromatic heterocycles. The van der Waals surface area contributed by atoms with Crippen LogP contribution in [-0.4, -0.2) is 32.1 Å². The number of carboxylic acid groups (broad SMARTS) is 1. The fraction of sp³-hybridized carbons (Fsp3) is 0.296. The van der Waals surface area contributed by atoms with Gasteiger partial charge >= 0.3 is 12.1 Å². The molecular formula is C27H25ClF3NO5S. The minimum atomic E-state index is -4.74. The van der Waals surface area contributed by atoms with Crippen LogP contribution in [0.15, 0.2) is 65.6 Å². The van der Waals surface area contributed by atoms with Gasteiger partial charge in [-0.05, 0) is 79.9 Å². The monoisotopic (exact) mass is 567 g/mol. The summed E-state index contributed by atoms with van der Waals surface area (Å²) in [6, 6.07) is 13.7. The molecule has 0 aliphatic carbocycles. The second-order valence-electron chi connectivity index (χ2n) is 9.84. The average Bonchev–Trinajstić information content (AvgIpc) is 2.84. The number of nitrogens with zero attached hydrogens (tertiary/aromatic N) is 1. The first kappa shape index (κ1) is 27.8. The predicted molar refractivity (Wildman–Crippen MR) is 138 cm³/mol. The van der Waals surface area contributed by atoms with E-state index in [0.717, 1.165) is 33.6 Å². The quantitative estimate of drug-likeness (QED) is 0.354. The van der Waals surface area contributed by atoms with Crippen molar-refractivity contribution < 1.29 is 36.2 Å². The molecule has 11 heteroatoms. The van der Waals surface area contributed by atoms with E-state index in [2.05, 4.69) is 0 Å². The third kappa shape index (κ3) is 5.47. The highest BCUT2D eigenvalue weighted by molar-refractivity contribution is 7.92. The molecule has 1 aliphatic rings. The number of hydrogen-bond donors (Lipinski definition) is 1. The lowest BCUT2D eigenvalue weighted by atomic mass is 9.86. The van der Waals surface area contributed by atoms with Gasteiger partial charge in [0.05, 0.1) is 28.1 Å². The number of halogens is 4. The summed E-state index contributed by atoms with van der Waals surface area (Å²) in [5.41, 5.74) is 0.0276. The number of aryl methyl sites for hydroxylation is 1. The molecule has 0 amide bonds. The van der Waals surface area contributed by atoms with Crippen molar-refractivity contribution in [2.24, 2.45) is 5.41 Å². The number of carbonyl (C=O) groups is 1. The number of carboxylic acids is 1. The van der Waals surface area contributed by atoms with Gasteiger partial charge in [-0.2, -0.15) is 13.2 Å². The first-order chi connectivity index (χ1) is 17.6. The minimum Gasteiger partial charge on any atom is -0.486 e. The van der Waals surface area contributed by atoms with Gasteiger partial charge in [-0.15, -0.1) is 0 Å². The molecule has 38 heavy (non-hydrogen) atoms. The van der Waals surface area contributed by atoms with Crippen molar-refractivity contribution >= 4 is 33.3 Å². The molecule has 1 unspecified atom stereocenters. The van der Waals surface area contributed by atoms with Crippen LogP contribution in [0.25, 0.3) is 11.1 Å². The zero-order valence-electron chi connectivity index (χ0n) is 20.7. The summed E-state index contributed by atoms with van der Waals surface area (Å²) in [7, 11) is -4.50. The van der Waals surface area contributed by atoms with Crippen molar-refractivity contribution in [1.82, 2.24) is 0 Å². The fourth-order valence-electron chi connectivity index (χ4n) is 4.34. The number of anilines is 1. The van der Waals surface area contributed by atoms with E-state index in [4.69, 9.17) is 16.3 Å². The maximum atomic E-state index is 13.8. The van der Waals surface area contributed by atoms with Gasteiger partial charge < -0.3 is 9.84 Å². The summed E-state index contributed by atoms with van der Waals surface area (Å²) in [6.07, 6.45) is -5.64. The Balaban J connectivity index is 1.86. The van der Waals surface area contributed by atoms with Crippen molar-refractivity contribution in [3.8, 4) is 16.9 Å². The molecule has 202 valence electrons. The lowest BCUT2D eigenvalue weighted by molar-refractivity contribution is -0.148. The average molecular weight is 568 g/mol. The molecule has 1 heterocycles. The second kappa shape index (κ2) is 9.81. The number of hydrogen-bond acceptors (Lipinski definition) is 4. The highest BCUT2D eigenvalue weighted by Gasteiger charge is 2.40. The van der Waals surface area contributed by atoms with Crippen molar-refractivity contribution in [1.29, 1.82) is 0 Å². The Morgan fingerprint density at radius 1 is 1.11 bits per heavy atom. The summed E-state index contributed by atoms with van der Waals surface area (Å²) in [6.45, 7) is 4.55. The summed E-state index contributed by atoms with van der Waals surface area (Å²) >= 11 is 6.18. The van der Waals surface area contributed by atoms with Crippen LogP contribution < -0.4 is 9.04 Å². The molecule has 0 bridgehead atoms. The number of fused-ring (bicyclic) bond motifs is 1. The van der Waals surface area contributed by atoms with E-state index in [1.165, 1.54) is 13.8 Å². The van der Waals surface area contributed by atoms with E-state index < -0.39 is 44.1 Å². The predicted octanol–water partition coefficient (Wildman–Crippen LogP) is 6.79. The molecular weight excluding hydrogens is 543 g/mol. The molecule has 0 radical (unpaired) electrons. The third-order valence-corrected chi connectivity index (χ3v) is 8.48. The molecule has 1 aliphatic heterocycles. The number of alkyl halides is 3. The van der Waals surface area contributed by atoms with Gasteiger partial charge in [-0.3, -0.25) is 9.10 Å². The number of rotatable bonds is 6. The highest BCUT2D eigenvalue weighted by Crippen LogP contribution is 2.43. The van der Waals surface area contributed by atoms with Gasteiger partial charge in [0.25, 0.3) is 10.0 Å². The Hall–Kier alpha value is -3.24. The van der Waals surface area contributed by atoms with Gasteiger partial charge in [0.2, 0.25) is 0 Å². The van der Waals surface area contributed by atoms with Gasteiger partial charge in [-0.1, -0.05) is 29.8 Å². The summed E-state index contributed by atoms with van der Waals surface area (Å²) < 4.78 is 74.8. The van der Waals surface area contributed by atoms with E-state index in [0.29, 0.717) is 16.7 Å². The molecule has 3 aromatic carbocycles. The first-order valence-corrected chi connectivity index (χ1v) is 13.4. The Morgan fingerprint density at radius 2 is 1.82 bits per heavy atom. The van der Waals surface area contributed by atoms with Crippen LogP contribution in [0.1, 0.15) is 31.4 Å². The largest absolute Gasteiger partial charge is 0.486 e. The van der Waals surface area contributed by atoms with E-state index in [-0.39, 0.29) is 24.4 Å². The molecule has 1 atom stereocenters. The van der Waals surface area contributed by atoms with Crippen molar-refractivity contribution in [3.63, 3.8) is 0 Å². The normalized spacial score (nSPS) is 16.1. The van der Waals surface area contributed by atoms with Crippen LogP contribution >= 0.6 is 11.6 Å². The molecule has 0 fully saturated rings. The maximum absolute atomic E-state index is 13.8. The van der Waals surface area contributed by atoms with Gasteiger partial charge in [-0.25, -0.2) is 8.42 Å². The van der Waals surface area contributed by atoms with Crippen LogP contribution in [-0.2, 0) is 21.0 Å². The van der Waals surface area contributed by atoms with Crippen molar-refractivity contribution in [2.45, 2.75) is 44.4 Å². The van der Waals surface area contributed by atoms with Gasteiger partial charge in [0.1, 0.15) is 11.9 Å². The molecule has 4 rings (SSSR count). The van der Waals surface area contributed by atoms with Crippen LogP contribution in [0.4, 0.5) is 18.9 Å². The molecule has 0 saturated carbocycles. The lowest BCUT2D eigenvalue weighted by Gasteiger charge is -2.38. The lowest BCUT2D eigenvalue weighted by Crippen LogP contribution is -2.46. The zero-order valence-corrected chi connectivity index (χ0v) is 22.3. The number of ether oxygens (including phenoxy) is 1. The molecule has 6 nitrogen and oxygen atoms in total. The molecule has 1 N–H and O–H groups in total. The molecule has 0 spiro atoms. The highest BCUT2D eigenvalue weighted by atomic mass is 35.5. The van der Waals surface area contributed by atoms with Gasteiger partial charge in [0, 0.05) is 11.4 Å². The van der Waals surface area contributed by atoms with E-state index >= 15 is 0 Å². The minimum absolute atomic E-state index is 0.0362. The smallest absolute Gasteiger partial charge is 0.416 e. The third-order valence-electron chi connectivity index (χ3n) is 6.47. The standard InChI is InChI=1S/C27H25ClF3NO5S/c1-16-7-9-19(28)13-22(16)17-8-10-24-23(11-17)32(15-20(37-24)14-26(2,3)25(33)34)38(35,36)21-6-4-5-18(12-21)27(29,30)31/h4-13,20H,14-15H2,1-3H3,(H,33,34). The summed E-state index contributed by atoms with van der Waals surface area (Å²) in [5.74, 6) is -0.924. The van der Waals surface area contributed by atoms with Crippen LogP contribution in [0.3, 0.4) is 0 Å². The summed E-state index contributed by atoms with van der Waals surface area (Å²) in [5, 5.41) is 10.1. The number of sulfonamides is 1. The molecule has 0 saturated heterocycles. The Kier molecular flexibility index (Phi) is 7.18. The van der Waals surface area contributed by atoms with E-state index in [1.54, 1.807) is 30.3 Å². The van der Waals surface area contributed by atoms with E-state index in [9.17, 15) is 31.5 Å². The first-order valence-electron chi connectivity index (χ1n) is 11.6. The van der Waals surface area contributed by atoms with Crippen LogP contribution in [0, 0.1) is 12.3 Å². The Morgan fingerprint density at radius 3 is 2.47 bits per heavy atom. The number of aliphatic carboxylic acids is 1. The Labute approximate surface area is 223 Å². The Bertz CT molecular complexity index is 1500. The maximum Gasteiger partial charge on any atom is 0.416 e. The van der Waals surface area contributed by atoms with Crippen molar-refractivity contribution in [3.05, 3.63) is 76.8 Å². The van der Waals surface area contributed by atoms with E-state index in [1.807, 2.05) is 13.0 Å². The van der Waals surface area contributed by atoms with Crippen molar-refractivity contribution in [2.75, 3.05) is 10.8 Å².